The van der Waals surface area contributed by atoms with Crippen molar-refractivity contribution in [1.29, 1.82) is 0 Å². The maximum atomic E-state index is 14.2. The van der Waals surface area contributed by atoms with Crippen LogP contribution in [0.25, 0.3) is 0 Å². The van der Waals surface area contributed by atoms with Gasteiger partial charge < -0.3 is 10.6 Å². The van der Waals surface area contributed by atoms with Gasteiger partial charge in [0.2, 0.25) is 21.8 Å². The minimum Gasteiger partial charge on any atom is -0.349 e. The van der Waals surface area contributed by atoms with Gasteiger partial charge in [-0.2, -0.15) is 14.5 Å². The molecule has 186 valence electrons. The Kier molecular flexibility index (Phi) is 8.26. The number of halogens is 2. The maximum Gasteiger partial charge on any atom is 0.251 e. The van der Waals surface area contributed by atoms with Crippen LogP contribution in [0.15, 0.2) is 53.6 Å². The molecule has 2 heterocycles. The highest BCUT2D eigenvalue weighted by atomic mass is 32.2. The summed E-state index contributed by atoms with van der Waals surface area (Å²) in [5.74, 6) is -4.67. The summed E-state index contributed by atoms with van der Waals surface area (Å²) in [6.45, 7) is 1.36. The molecular weight excluding hydrogens is 468 g/mol. The van der Waals surface area contributed by atoms with Crippen molar-refractivity contribution in [3.63, 3.8) is 0 Å². The summed E-state index contributed by atoms with van der Waals surface area (Å²) in [5, 5.41) is 12.7. The van der Waals surface area contributed by atoms with Crippen LogP contribution < -0.4 is 10.6 Å². The molecule has 1 fully saturated rings. The highest BCUT2D eigenvalue weighted by Gasteiger charge is 2.48. The number of amides is 2. The highest BCUT2D eigenvalue weighted by Crippen LogP contribution is 2.35. The molecule has 0 aliphatic carbocycles. The van der Waals surface area contributed by atoms with Gasteiger partial charge in [0, 0.05) is 27.0 Å². The molecule has 1 aliphatic rings. The molecule has 2 amide bonds. The summed E-state index contributed by atoms with van der Waals surface area (Å²) in [7, 11) is -4.20. The van der Waals surface area contributed by atoms with E-state index in [1.807, 2.05) is 0 Å². The van der Waals surface area contributed by atoms with Gasteiger partial charge >= 0.3 is 0 Å². The van der Waals surface area contributed by atoms with E-state index in [2.05, 4.69) is 20.8 Å². The minimum atomic E-state index is -4.20. The summed E-state index contributed by atoms with van der Waals surface area (Å²) in [6, 6.07) is 7.99. The smallest absolute Gasteiger partial charge is 0.251 e. The van der Waals surface area contributed by atoms with Crippen molar-refractivity contribution in [2.45, 2.75) is 62.1 Å². The van der Waals surface area contributed by atoms with Crippen LogP contribution >= 0.6 is 0 Å². The molecule has 0 radical (unpaired) electrons. The van der Waals surface area contributed by atoms with Crippen LogP contribution in [0.2, 0.25) is 0 Å². The number of piperidine rings is 1. The Hall–Kier alpha value is -2.99. The molecule has 2 unspecified atom stereocenters. The molecule has 34 heavy (non-hydrogen) atoms. The van der Waals surface area contributed by atoms with Crippen molar-refractivity contribution in [3.8, 4) is 0 Å². The van der Waals surface area contributed by atoms with Gasteiger partial charge in [-0.05, 0) is 30.7 Å². The predicted molar refractivity (Wildman–Crippen MR) is 121 cm³/mol. The quantitative estimate of drug-likeness (QED) is 0.547. The zero-order valence-corrected chi connectivity index (χ0v) is 19.5. The van der Waals surface area contributed by atoms with Crippen molar-refractivity contribution < 1.29 is 28.2 Å². The number of sulfonamides is 1. The topological polar surface area (TPSA) is 121 Å². The molecule has 12 heteroatoms. The second-order valence-corrected chi connectivity index (χ2v) is 9.93. The fourth-order valence-corrected chi connectivity index (χ4v) is 5.32. The van der Waals surface area contributed by atoms with Crippen molar-refractivity contribution in [3.05, 3.63) is 54.4 Å². The Morgan fingerprint density at radius 2 is 1.97 bits per heavy atom. The van der Waals surface area contributed by atoms with E-state index < -0.39 is 59.2 Å². The monoisotopic (exact) mass is 497 g/mol. The van der Waals surface area contributed by atoms with Gasteiger partial charge in [-0.3, -0.25) is 9.59 Å². The van der Waals surface area contributed by atoms with Crippen molar-refractivity contribution >= 4 is 21.8 Å². The number of carbonyl (C=O) groups excluding carboxylic acids is 2. The highest BCUT2D eigenvalue weighted by molar-refractivity contribution is 7.89. The lowest BCUT2D eigenvalue weighted by atomic mass is 9.99. The van der Waals surface area contributed by atoms with E-state index in [9.17, 15) is 26.8 Å². The standard InChI is InChI=1S/C22H27F2N5O4S.H2/c1-2-7-18(20(30)25-15-16-8-6-12-26-28-16)27-21(31)19-14-22(23,24)11-13-29(19)34(32,33)17-9-4-3-5-10-17;/h3-6,8-10,12,18-19H,2,7,11,13-15H2,1H3,(H,25,30)(H,27,31);1H. The number of nitrogens with one attached hydrogen (secondary N) is 2. The van der Waals surface area contributed by atoms with Crippen molar-refractivity contribution in [2.24, 2.45) is 0 Å². The van der Waals surface area contributed by atoms with E-state index >= 15 is 0 Å². The average Bonchev–Trinajstić information content (AvgIpc) is 2.82. The SMILES string of the molecule is CCCC(NC(=O)C1CC(F)(F)CCN1S(=O)(=O)c1ccccc1)C(=O)NCc1cccnn1.[HH]. The van der Waals surface area contributed by atoms with E-state index in [-0.39, 0.29) is 19.3 Å². The molecule has 2 N–H and O–H groups in total. The number of hydrogen-bond donors (Lipinski definition) is 2. The largest absolute Gasteiger partial charge is 0.349 e. The van der Waals surface area contributed by atoms with Crippen LogP contribution in [0.3, 0.4) is 0 Å². The van der Waals surface area contributed by atoms with E-state index in [1.165, 1.54) is 30.5 Å². The maximum absolute atomic E-state index is 14.2. The van der Waals surface area contributed by atoms with E-state index in [4.69, 9.17) is 0 Å². The average molecular weight is 498 g/mol. The third-order valence-corrected chi connectivity index (χ3v) is 7.39. The Bertz CT molecular complexity index is 1090. The third-order valence-electron chi connectivity index (χ3n) is 5.47. The summed E-state index contributed by atoms with van der Waals surface area (Å²) < 4.78 is 55.5. The van der Waals surface area contributed by atoms with Gasteiger partial charge in [-0.1, -0.05) is 31.5 Å². The van der Waals surface area contributed by atoms with Gasteiger partial charge in [-0.15, -0.1) is 0 Å². The van der Waals surface area contributed by atoms with E-state index in [0.29, 0.717) is 12.1 Å². The molecular formula is C22H29F2N5O4S. The van der Waals surface area contributed by atoms with Gasteiger partial charge in [0.1, 0.15) is 12.1 Å². The second-order valence-electron chi connectivity index (χ2n) is 8.04. The second kappa shape index (κ2) is 11.0. The van der Waals surface area contributed by atoms with Crippen LogP contribution in [0.4, 0.5) is 8.78 Å². The summed E-state index contributed by atoms with van der Waals surface area (Å²) in [4.78, 5) is 25.7. The normalized spacial score (nSPS) is 19.2. The molecule has 1 saturated heterocycles. The number of alkyl halides is 2. The number of nitrogens with zero attached hydrogens (tertiary/aromatic N) is 3. The Balaban J connectivity index is 0.00000432. The molecule has 2 aromatic rings. The van der Waals surface area contributed by atoms with Gasteiger partial charge in [-0.25, -0.2) is 17.2 Å². The lowest BCUT2D eigenvalue weighted by Crippen LogP contribution is -2.58. The molecule has 1 aromatic heterocycles. The van der Waals surface area contributed by atoms with Crippen molar-refractivity contribution in [1.82, 2.24) is 25.1 Å². The van der Waals surface area contributed by atoms with Crippen molar-refractivity contribution in [2.75, 3.05) is 6.54 Å². The zero-order valence-electron chi connectivity index (χ0n) is 18.7. The molecule has 2 atom stereocenters. The summed E-state index contributed by atoms with van der Waals surface area (Å²) >= 11 is 0. The molecule has 1 aromatic carbocycles. The minimum absolute atomic E-state index is 0. The van der Waals surface area contributed by atoms with Crippen LogP contribution in [-0.4, -0.2) is 59.3 Å². The summed E-state index contributed by atoms with van der Waals surface area (Å²) in [6.07, 6.45) is 0.592. The Morgan fingerprint density at radius 3 is 2.62 bits per heavy atom. The van der Waals surface area contributed by atoms with E-state index in [0.717, 1.165) is 4.31 Å². The van der Waals surface area contributed by atoms with Crippen LogP contribution in [-0.2, 0) is 26.2 Å². The number of hydrogen-bond acceptors (Lipinski definition) is 6. The fraction of sp³-hybridized carbons (Fsp3) is 0.455. The van der Waals surface area contributed by atoms with Gasteiger partial charge in [0.25, 0.3) is 5.92 Å². The molecule has 0 bridgehead atoms. The first kappa shape index (κ1) is 25.6. The van der Waals surface area contributed by atoms with Crippen LogP contribution in [0, 0.1) is 0 Å². The van der Waals surface area contributed by atoms with Gasteiger partial charge in [0.15, 0.2) is 0 Å². The lowest BCUT2D eigenvalue weighted by molar-refractivity contribution is -0.136. The molecule has 0 spiro atoms. The third kappa shape index (κ3) is 6.32. The molecule has 0 saturated carbocycles. The first-order chi connectivity index (χ1) is 16.1. The fourth-order valence-electron chi connectivity index (χ4n) is 3.71. The number of aromatic nitrogens is 2. The molecule has 1 aliphatic heterocycles. The molecule has 9 nitrogen and oxygen atoms in total. The Labute approximate surface area is 198 Å². The van der Waals surface area contributed by atoms with E-state index in [1.54, 1.807) is 25.1 Å². The van der Waals surface area contributed by atoms with Crippen LogP contribution in [0.5, 0.6) is 0 Å². The summed E-state index contributed by atoms with van der Waals surface area (Å²) in [5.41, 5.74) is 0.504. The van der Waals surface area contributed by atoms with Gasteiger partial charge in [0.05, 0.1) is 17.1 Å². The Morgan fingerprint density at radius 1 is 1.24 bits per heavy atom. The van der Waals surface area contributed by atoms with Crippen LogP contribution in [0.1, 0.15) is 39.7 Å². The number of rotatable bonds is 9. The zero-order chi connectivity index (χ0) is 24.8. The number of benzene rings is 1. The lowest BCUT2D eigenvalue weighted by Gasteiger charge is -2.37. The molecule has 3 rings (SSSR count). The first-order valence-electron chi connectivity index (χ1n) is 10.9. The number of carbonyl (C=O) groups is 2. The first-order valence-corrected chi connectivity index (χ1v) is 12.4. The predicted octanol–water partition coefficient (Wildman–Crippen LogP) is 2.11.